The van der Waals surface area contributed by atoms with Gasteiger partial charge in [-0.2, -0.15) is 13.2 Å². The number of oxazole rings is 1. The average Bonchev–Trinajstić information content (AvgIpc) is 3.07. The molecule has 3 rings (SSSR count). The van der Waals surface area contributed by atoms with E-state index in [2.05, 4.69) is 10.3 Å². The molecule has 2 heterocycles. The summed E-state index contributed by atoms with van der Waals surface area (Å²) in [5.41, 5.74) is 1.45. The van der Waals surface area contributed by atoms with Gasteiger partial charge in [0.15, 0.2) is 11.5 Å². The van der Waals surface area contributed by atoms with Gasteiger partial charge in [0.1, 0.15) is 5.52 Å². The number of halogens is 3. The van der Waals surface area contributed by atoms with Crippen molar-refractivity contribution in [2.75, 3.05) is 26.2 Å². The minimum absolute atomic E-state index is 0.0227. The van der Waals surface area contributed by atoms with Crippen molar-refractivity contribution in [3.8, 4) is 0 Å². The first-order valence-electron chi connectivity index (χ1n) is 7.75. The van der Waals surface area contributed by atoms with Crippen LogP contribution < -0.4 is 5.32 Å². The van der Waals surface area contributed by atoms with Gasteiger partial charge < -0.3 is 9.73 Å². The molecule has 1 unspecified atom stereocenters. The van der Waals surface area contributed by atoms with E-state index in [1.807, 2.05) is 0 Å². The third-order valence-electron chi connectivity index (χ3n) is 4.09. The van der Waals surface area contributed by atoms with Crippen LogP contribution in [0.5, 0.6) is 0 Å². The zero-order valence-corrected chi connectivity index (χ0v) is 13.2. The maximum absolute atomic E-state index is 12.4. The maximum Gasteiger partial charge on any atom is 0.401 e. The number of nitrogens with zero attached hydrogens (tertiary/aromatic N) is 2. The zero-order valence-electron chi connectivity index (χ0n) is 13.2. The van der Waals surface area contributed by atoms with Gasteiger partial charge in [-0.1, -0.05) is 6.07 Å². The predicted molar refractivity (Wildman–Crippen MR) is 81.7 cm³/mol. The Kier molecular flexibility index (Phi) is 4.49. The van der Waals surface area contributed by atoms with Crippen molar-refractivity contribution < 1.29 is 22.4 Å². The van der Waals surface area contributed by atoms with Crippen LogP contribution in [0.15, 0.2) is 22.6 Å². The van der Waals surface area contributed by atoms with Crippen LogP contribution in [0.4, 0.5) is 13.2 Å². The van der Waals surface area contributed by atoms with Crippen molar-refractivity contribution in [3.05, 3.63) is 29.7 Å². The number of aryl methyl sites for hydroxylation is 1. The molecule has 1 aliphatic heterocycles. The fraction of sp³-hybridized carbons (Fsp3) is 0.500. The van der Waals surface area contributed by atoms with Crippen LogP contribution in [0.3, 0.4) is 0 Å². The molecule has 0 spiro atoms. The SMILES string of the molecule is Cc1nc2c(C(=O)NCC3CCN(CC(F)(F)F)C3)cccc2o1. The Labute approximate surface area is 136 Å². The fourth-order valence-corrected chi connectivity index (χ4v) is 3.05. The quantitative estimate of drug-likeness (QED) is 0.929. The highest BCUT2D eigenvalue weighted by Crippen LogP contribution is 2.23. The van der Waals surface area contributed by atoms with Gasteiger partial charge >= 0.3 is 6.18 Å². The highest BCUT2D eigenvalue weighted by Gasteiger charge is 2.34. The lowest BCUT2D eigenvalue weighted by molar-refractivity contribution is -0.143. The van der Waals surface area contributed by atoms with E-state index < -0.39 is 12.7 Å². The van der Waals surface area contributed by atoms with Crippen LogP contribution in [-0.2, 0) is 0 Å². The normalized spacial score (nSPS) is 19.1. The number of nitrogens with one attached hydrogen (secondary N) is 1. The summed E-state index contributed by atoms with van der Waals surface area (Å²) < 4.78 is 42.6. The number of amides is 1. The molecule has 1 aromatic heterocycles. The molecule has 0 radical (unpaired) electrons. The van der Waals surface area contributed by atoms with Gasteiger partial charge in [0.05, 0.1) is 12.1 Å². The summed E-state index contributed by atoms with van der Waals surface area (Å²) in [5.74, 6) is 0.210. The fourth-order valence-electron chi connectivity index (χ4n) is 3.05. The molecular weight excluding hydrogens is 323 g/mol. The second-order valence-electron chi connectivity index (χ2n) is 6.10. The van der Waals surface area contributed by atoms with Crippen LogP contribution in [-0.4, -0.2) is 48.1 Å². The van der Waals surface area contributed by atoms with E-state index in [1.165, 1.54) is 4.90 Å². The molecule has 1 aromatic carbocycles. The molecule has 1 atom stereocenters. The van der Waals surface area contributed by atoms with Gasteiger partial charge in [-0.3, -0.25) is 9.69 Å². The van der Waals surface area contributed by atoms with Crippen molar-refractivity contribution in [1.82, 2.24) is 15.2 Å². The molecule has 1 aliphatic rings. The first-order chi connectivity index (χ1) is 11.3. The Morgan fingerprint density at radius 3 is 3.00 bits per heavy atom. The molecule has 130 valence electrons. The van der Waals surface area contributed by atoms with Gasteiger partial charge in [0, 0.05) is 20.0 Å². The van der Waals surface area contributed by atoms with Crippen molar-refractivity contribution in [2.24, 2.45) is 5.92 Å². The second-order valence-corrected chi connectivity index (χ2v) is 6.10. The lowest BCUT2D eigenvalue weighted by atomic mass is 10.1. The second kappa shape index (κ2) is 6.43. The Bertz CT molecular complexity index is 742. The Morgan fingerprint density at radius 1 is 1.46 bits per heavy atom. The van der Waals surface area contributed by atoms with Gasteiger partial charge in [-0.25, -0.2) is 4.98 Å². The number of hydrogen-bond acceptors (Lipinski definition) is 4. The molecule has 0 saturated carbocycles. The molecule has 1 fully saturated rings. The van der Waals surface area contributed by atoms with E-state index in [4.69, 9.17) is 4.42 Å². The van der Waals surface area contributed by atoms with Crippen molar-refractivity contribution in [3.63, 3.8) is 0 Å². The van der Waals surface area contributed by atoms with E-state index in [0.717, 1.165) is 0 Å². The molecule has 5 nitrogen and oxygen atoms in total. The third kappa shape index (κ3) is 3.87. The van der Waals surface area contributed by atoms with Crippen molar-refractivity contribution in [1.29, 1.82) is 0 Å². The van der Waals surface area contributed by atoms with Crippen molar-refractivity contribution in [2.45, 2.75) is 19.5 Å². The van der Waals surface area contributed by atoms with Gasteiger partial charge in [0.25, 0.3) is 5.91 Å². The van der Waals surface area contributed by atoms with E-state index >= 15 is 0 Å². The minimum atomic E-state index is -4.18. The number of carbonyl (C=O) groups is 1. The lowest BCUT2D eigenvalue weighted by Gasteiger charge is -2.18. The maximum atomic E-state index is 12.4. The third-order valence-corrected chi connectivity index (χ3v) is 4.09. The number of para-hydroxylation sites is 1. The number of fused-ring (bicyclic) bond motifs is 1. The molecule has 8 heteroatoms. The number of carbonyl (C=O) groups excluding carboxylic acids is 1. The van der Waals surface area contributed by atoms with Crippen molar-refractivity contribution >= 4 is 17.0 Å². The van der Waals surface area contributed by atoms with Crippen LogP contribution in [0.2, 0.25) is 0 Å². The summed E-state index contributed by atoms with van der Waals surface area (Å²) in [6.07, 6.45) is -3.54. The molecular formula is C16H18F3N3O2. The highest BCUT2D eigenvalue weighted by molar-refractivity contribution is 6.04. The number of likely N-dealkylation sites (tertiary alicyclic amines) is 1. The summed E-state index contributed by atoms with van der Waals surface area (Å²) in [6, 6.07) is 5.10. The highest BCUT2D eigenvalue weighted by atomic mass is 19.4. The topological polar surface area (TPSA) is 58.4 Å². The largest absolute Gasteiger partial charge is 0.441 e. The minimum Gasteiger partial charge on any atom is -0.441 e. The molecule has 0 aliphatic carbocycles. The summed E-state index contributed by atoms with van der Waals surface area (Å²) >= 11 is 0. The molecule has 1 amide bonds. The number of aromatic nitrogens is 1. The predicted octanol–water partition coefficient (Wildman–Crippen LogP) is 2.75. The lowest BCUT2D eigenvalue weighted by Crippen LogP contribution is -2.34. The van der Waals surface area contributed by atoms with Gasteiger partial charge in [-0.15, -0.1) is 0 Å². The number of alkyl halides is 3. The van der Waals surface area contributed by atoms with Crippen LogP contribution in [0.25, 0.3) is 11.1 Å². The molecule has 1 saturated heterocycles. The average molecular weight is 341 g/mol. The summed E-state index contributed by atoms with van der Waals surface area (Å²) in [6.45, 7) is 1.90. The van der Waals surface area contributed by atoms with Gasteiger partial charge in [-0.05, 0) is 31.0 Å². The van der Waals surface area contributed by atoms with Crippen LogP contribution in [0, 0.1) is 12.8 Å². The molecule has 1 N–H and O–H groups in total. The van der Waals surface area contributed by atoms with E-state index in [1.54, 1.807) is 25.1 Å². The first-order valence-corrected chi connectivity index (χ1v) is 7.75. The van der Waals surface area contributed by atoms with Crippen LogP contribution >= 0.6 is 0 Å². The summed E-state index contributed by atoms with van der Waals surface area (Å²) in [4.78, 5) is 17.9. The molecule has 2 aromatic rings. The van der Waals surface area contributed by atoms with E-state index in [0.29, 0.717) is 48.6 Å². The summed E-state index contributed by atoms with van der Waals surface area (Å²) in [5, 5.41) is 2.80. The zero-order chi connectivity index (χ0) is 17.3. The van der Waals surface area contributed by atoms with E-state index in [9.17, 15) is 18.0 Å². The van der Waals surface area contributed by atoms with Gasteiger partial charge in [0.2, 0.25) is 0 Å². The Hall–Kier alpha value is -2.09. The smallest absolute Gasteiger partial charge is 0.401 e. The Balaban J connectivity index is 1.58. The monoisotopic (exact) mass is 341 g/mol. The van der Waals surface area contributed by atoms with E-state index in [-0.39, 0.29) is 11.8 Å². The number of benzene rings is 1. The molecule has 0 bridgehead atoms. The first kappa shape index (κ1) is 16.8. The number of hydrogen-bond donors (Lipinski definition) is 1. The van der Waals surface area contributed by atoms with Crippen LogP contribution in [0.1, 0.15) is 22.7 Å². The molecule has 24 heavy (non-hydrogen) atoms. The Morgan fingerprint density at radius 2 is 2.25 bits per heavy atom. The number of rotatable bonds is 4. The standard InChI is InChI=1S/C16H18F3N3O2/c1-10-21-14-12(3-2-4-13(14)24-10)15(23)20-7-11-5-6-22(8-11)9-16(17,18)19/h2-4,11H,5-9H2,1H3,(H,20,23). The summed E-state index contributed by atoms with van der Waals surface area (Å²) in [7, 11) is 0.